The van der Waals surface area contributed by atoms with Gasteiger partial charge < -0.3 is 4.74 Å². The maximum absolute atomic E-state index is 6.36. The molecule has 1 heterocycles. The molecule has 0 spiro atoms. The van der Waals surface area contributed by atoms with Crippen molar-refractivity contribution in [2.75, 3.05) is 5.49 Å². The van der Waals surface area contributed by atoms with Crippen molar-refractivity contribution in [1.82, 2.24) is 4.98 Å². The van der Waals surface area contributed by atoms with Crippen molar-refractivity contribution in [1.29, 1.82) is 0 Å². The van der Waals surface area contributed by atoms with E-state index in [9.17, 15) is 0 Å². The van der Waals surface area contributed by atoms with E-state index >= 15 is 0 Å². The fraction of sp³-hybridized carbons (Fsp3) is 0.150. The van der Waals surface area contributed by atoms with Gasteiger partial charge in [-0.15, -0.1) is 21.0 Å². The highest BCUT2D eigenvalue weighted by Gasteiger charge is 2.12. The van der Waals surface area contributed by atoms with E-state index in [-0.39, 0.29) is 0 Å². The van der Waals surface area contributed by atoms with Crippen molar-refractivity contribution in [2.45, 2.75) is 17.9 Å². The molecule has 0 aliphatic rings. The summed E-state index contributed by atoms with van der Waals surface area (Å²) in [6, 6.07) is 15.8. The van der Waals surface area contributed by atoms with E-state index in [1.807, 2.05) is 48.5 Å². The molecule has 0 amide bonds. The Balaban J connectivity index is 1.81. The van der Waals surface area contributed by atoms with Gasteiger partial charge in [0.2, 0.25) is 0 Å². The maximum atomic E-state index is 6.36. The molecule has 2 aromatic carbocycles. The maximum Gasteiger partial charge on any atom is 0.151 e. The standard InChI is InChI=1S/C20H17BrCl2NOPS/c21-14-6-17(22)16(18(23)7-14)8-15-9-20(27-12-26)19(10-24-15)25-11-13-4-2-1-3-5-13/h1-7,9-10H,8,11-12,26H2. The summed E-state index contributed by atoms with van der Waals surface area (Å²) in [6.07, 6.45) is 2.34. The average molecular weight is 501 g/mol. The topological polar surface area (TPSA) is 22.1 Å². The first-order valence-electron chi connectivity index (χ1n) is 8.18. The Kier molecular flexibility index (Phi) is 7.86. The van der Waals surface area contributed by atoms with Crippen LogP contribution in [0.5, 0.6) is 5.75 Å². The Morgan fingerprint density at radius 3 is 2.44 bits per heavy atom. The summed E-state index contributed by atoms with van der Waals surface area (Å²) in [5, 5.41) is 1.25. The fourth-order valence-electron chi connectivity index (χ4n) is 2.53. The minimum Gasteiger partial charge on any atom is -0.486 e. The summed E-state index contributed by atoms with van der Waals surface area (Å²) < 4.78 is 6.85. The Morgan fingerprint density at radius 2 is 1.78 bits per heavy atom. The number of thioether (sulfide) groups is 1. The first-order chi connectivity index (χ1) is 13.1. The molecule has 0 aliphatic carbocycles. The quantitative estimate of drug-likeness (QED) is 0.252. The third kappa shape index (κ3) is 5.85. The van der Waals surface area contributed by atoms with Gasteiger partial charge in [-0.1, -0.05) is 69.5 Å². The Hall–Kier alpha value is -0.770. The Morgan fingerprint density at radius 1 is 1.07 bits per heavy atom. The highest BCUT2D eigenvalue weighted by Crippen LogP contribution is 2.34. The van der Waals surface area contributed by atoms with Crippen molar-refractivity contribution in [3.63, 3.8) is 0 Å². The van der Waals surface area contributed by atoms with Crippen LogP contribution in [0.1, 0.15) is 16.8 Å². The molecule has 1 aromatic heterocycles. The van der Waals surface area contributed by atoms with Crippen LogP contribution >= 0.6 is 60.1 Å². The average Bonchev–Trinajstić information content (AvgIpc) is 2.65. The van der Waals surface area contributed by atoms with Gasteiger partial charge in [-0.3, -0.25) is 4.98 Å². The lowest BCUT2D eigenvalue weighted by Gasteiger charge is -2.13. The molecule has 2 nitrogen and oxygen atoms in total. The molecule has 0 saturated carbocycles. The number of halogens is 3. The summed E-state index contributed by atoms with van der Waals surface area (Å²) in [6.45, 7) is 0.511. The van der Waals surface area contributed by atoms with Crippen molar-refractivity contribution < 1.29 is 4.74 Å². The molecular weight excluding hydrogens is 484 g/mol. The van der Waals surface area contributed by atoms with Crippen molar-refractivity contribution in [3.05, 3.63) is 86.1 Å². The van der Waals surface area contributed by atoms with E-state index < -0.39 is 0 Å². The van der Waals surface area contributed by atoms with Gasteiger partial charge >= 0.3 is 0 Å². The van der Waals surface area contributed by atoms with Crippen molar-refractivity contribution in [3.8, 4) is 5.75 Å². The lowest BCUT2D eigenvalue weighted by atomic mass is 10.1. The second-order valence-electron chi connectivity index (χ2n) is 5.73. The van der Waals surface area contributed by atoms with Gasteiger partial charge in [0.15, 0.2) is 5.75 Å². The minimum absolute atomic E-state index is 0.511. The number of ether oxygens (including phenoxy) is 1. The Bertz CT molecular complexity index is 904. The summed E-state index contributed by atoms with van der Waals surface area (Å²) in [7, 11) is 2.72. The highest BCUT2D eigenvalue weighted by atomic mass is 79.9. The zero-order valence-corrected chi connectivity index (χ0v) is 19.4. The van der Waals surface area contributed by atoms with E-state index in [4.69, 9.17) is 27.9 Å². The third-order valence-electron chi connectivity index (χ3n) is 3.83. The van der Waals surface area contributed by atoms with E-state index in [1.54, 1.807) is 18.0 Å². The molecular formula is C20H17BrCl2NOPS. The van der Waals surface area contributed by atoms with E-state index in [2.05, 4.69) is 30.2 Å². The van der Waals surface area contributed by atoms with Crippen LogP contribution in [-0.4, -0.2) is 10.5 Å². The van der Waals surface area contributed by atoms with Gasteiger partial charge in [0, 0.05) is 32.1 Å². The summed E-state index contributed by atoms with van der Waals surface area (Å²) in [5.41, 5.74) is 3.75. The molecule has 0 saturated heterocycles. The van der Waals surface area contributed by atoms with Crippen LogP contribution in [0.25, 0.3) is 0 Å². The van der Waals surface area contributed by atoms with E-state index in [0.717, 1.165) is 37.4 Å². The molecule has 3 aromatic rings. The van der Waals surface area contributed by atoms with Gasteiger partial charge in [-0.2, -0.15) is 0 Å². The number of nitrogens with zero attached hydrogens (tertiary/aromatic N) is 1. The number of pyridine rings is 1. The van der Waals surface area contributed by atoms with Crippen LogP contribution in [0.2, 0.25) is 10.0 Å². The molecule has 0 bridgehead atoms. The lowest BCUT2D eigenvalue weighted by molar-refractivity contribution is 0.297. The van der Waals surface area contributed by atoms with Crippen molar-refractivity contribution in [2.24, 2.45) is 0 Å². The van der Waals surface area contributed by atoms with Crippen LogP contribution in [-0.2, 0) is 13.0 Å². The SMILES string of the molecule is PCSc1cc(Cc2c(Cl)cc(Br)cc2Cl)ncc1OCc1ccccc1. The monoisotopic (exact) mass is 499 g/mol. The third-order valence-corrected chi connectivity index (χ3v) is 6.26. The molecule has 3 rings (SSSR count). The van der Waals surface area contributed by atoms with Gasteiger partial charge in [0.1, 0.15) is 6.61 Å². The van der Waals surface area contributed by atoms with E-state index in [0.29, 0.717) is 23.1 Å². The molecule has 7 heteroatoms. The van der Waals surface area contributed by atoms with Gasteiger partial charge in [0.05, 0.1) is 11.1 Å². The molecule has 1 unspecified atom stereocenters. The highest BCUT2D eigenvalue weighted by molar-refractivity contribution is 9.10. The lowest BCUT2D eigenvalue weighted by Crippen LogP contribution is -2.00. The smallest absolute Gasteiger partial charge is 0.151 e. The van der Waals surface area contributed by atoms with Crippen LogP contribution in [0.15, 0.2) is 64.1 Å². The molecule has 0 N–H and O–H groups in total. The predicted molar refractivity (Wildman–Crippen MR) is 122 cm³/mol. The predicted octanol–water partition coefficient (Wildman–Crippen LogP) is 7.25. The molecule has 0 radical (unpaired) electrons. The molecule has 0 fully saturated rings. The van der Waals surface area contributed by atoms with Gasteiger partial charge in [-0.05, 0) is 29.3 Å². The molecule has 140 valence electrons. The largest absolute Gasteiger partial charge is 0.486 e. The van der Waals surface area contributed by atoms with Crippen LogP contribution in [0.3, 0.4) is 0 Å². The number of aromatic nitrogens is 1. The van der Waals surface area contributed by atoms with Crippen LogP contribution in [0, 0.1) is 0 Å². The second-order valence-corrected chi connectivity index (χ2v) is 9.52. The number of hydrogen-bond acceptors (Lipinski definition) is 3. The van der Waals surface area contributed by atoms with Gasteiger partial charge in [-0.25, -0.2) is 0 Å². The van der Waals surface area contributed by atoms with Gasteiger partial charge in [0.25, 0.3) is 0 Å². The van der Waals surface area contributed by atoms with Crippen molar-refractivity contribution >= 4 is 60.1 Å². The second kappa shape index (κ2) is 10.1. The number of rotatable bonds is 7. The fourth-order valence-corrected chi connectivity index (χ4v) is 5.06. The first kappa shape index (κ1) is 21.0. The van der Waals surface area contributed by atoms with Crippen LogP contribution < -0.4 is 4.74 Å². The number of hydrogen-bond donors (Lipinski definition) is 0. The zero-order valence-electron chi connectivity index (χ0n) is 14.3. The first-order valence-corrected chi connectivity index (χ1v) is 11.5. The minimum atomic E-state index is 0.511. The summed E-state index contributed by atoms with van der Waals surface area (Å²) in [4.78, 5) is 5.61. The molecule has 1 atom stereocenters. The Labute approximate surface area is 184 Å². The molecule has 0 aliphatic heterocycles. The number of benzene rings is 2. The zero-order chi connectivity index (χ0) is 19.2. The molecule has 27 heavy (non-hydrogen) atoms. The summed E-state index contributed by atoms with van der Waals surface area (Å²) >= 11 is 17.8. The van der Waals surface area contributed by atoms with Crippen LogP contribution in [0.4, 0.5) is 0 Å². The van der Waals surface area contributed by atoms with E-state index in [1.165, 1.54) is 0 Å². The summed E-state index contributed by atoms with van der Waals surface area (Å²) in [5.74, 6) is 0.781. The normalized spacial score (nSPS) is 10.8.